The van der Waals surface area contributed by atoms with E-state index in [9.17, 15) is 9.18 Å². The second-order valence-electron chi connectivity index (χ2n) is 3.92. The van der Waals surface area contributed by atoms with Crippen molar-refractivity contribution in [1.29, 1.82) is 0 Å². The Morgan fingerprint density at radius 3 is 2.71 bits per heavy atom. The highest BCUT2D eigenvalue weighted by Crippen LogP contribution is 2.13. The minimum absolute atomic E-state index is 0.0617. The van der Waals surface area contributed by atoms with Gasteiger partial charge in [-0.15, -0.1) is 0 Å². The molecular weight excluding hydrogens is 221 g/mol. The summed E-state index contributed by atoms with van der Waals surface area (Å²) >= 11 is 0. The van der Waals surface area contributed by atoms with Crippen LogP contribution in [0.2, 0.25) is 0 Å². The highest BCUT2D eigenvalue weighted by Gasteiger charge is 2.15. The molecule has 1 N–H and O–H groups in total. The van der Waals surface area contributed by atoms with Crippen LogP contribution in [0.25, 0.3) is 0 Å². The van der Waals surface area contributed by atoms with Crippen LogP contribution in [-0.2, 0) is 0 Å². The van der Waals surface area contributed by atoms with E-state index in [1.165, 1.54) is 18.2 Å². The maximum atomic E-state index is 12.9. The van der Waals surface area contributed by atoms with Gasteiger partial charge in [-0.1, -0.05) is 0 Å². The lowest BCUT2D eigenvalue weighted by molar-refractivity contribution is 0.0753. The van der Waals surface area contributed by atoms with E-state index in [0.29, 0.717) is 30.6 Å². The van der Waals surface area contributed by atoms with Gasteiger partial charge < -0.3 is 10.0 Å². The molecule has 1 aromatic rings. The Bertz CT molecular complexity index is 393. The van der Waals surface area contributed by atoms with Crippen molar-refractivity contribution in [2.24, 2.45) is 0 Å². The Labute approximate surface area is 101 Å². The van der Waals surface area contributed by atoms with E-state index in [1.807, 2.05) is 6.92 Å². The van der Waals surface area contributed by atoms with Gasteiger partial charge in [0.1, 0.15) is 5.82 Å². The van der Waals surface area contributed by atoms with Crippen molar-refractivity contribution in [1.82, 2.24) is 4.90 Å². The minimum Gasteiger partial charge on any atom is -0.396 e. The molecule has 94 valence electrons. The molecule has 1 aromatic carbocycles. The molecule has 0 fully saturated rings. The summed E-state index contributed by atoms with van der Waals surface area (Å²) in [5, 5.41) is 8.77. The third-order valence-corrected chi connectivity index (χ3v) is 2.67. The number of aryl methyl sites for hydroxylation is 1. The quantitative estimate of drug-likeness (QED) is 0.853. The first-order valence-corrected chi connectivity index (χ1v) is 5.76. The third kappa shape index (κ3) is 3.53. The van der Waals surface area contributed by atoms with Crippen LogP contribution in [0.1, 0.15) is 29.3 Å². The van der Waals surface area contributed by atoms with Gasteiger partial charge in [0.2, 0.25) is 0 Å². The number of benzene rings is 1. The maximum Gasteiger partial charge on any atom is 0.254 e. The standard InChI is InChI=1S/C13H18FNO2/c1-3-15(7-4-8-16)13(17)12-6-5-11(14)9-10(12)2/h5-6,9,16H,3-4,7-8H2,1-2H3. The van der Waals surface area contributed by atoms with Gasteiger partial charge in [0.15, 0.2) is 0 Å². The molecule has 0 aliphatic heterocycles. The summed E-state index contributed by atoms with van der Waals surface area (Å²) in [5.74, 6) is -0.448. The number of hydrogen-bond acceptors (Lipinski definition) is 2. The van der Waals surface area contributed by atoms with Crippen molar-refractivity contribution in [3.8, 4) is 0 Å². The van der Waals surface area contributed by atoms with E-state index in [2.05, 4.69) is 0 Å². The molecule has 0 spiro atoms. The maximum absolute atomic E-state index is 12.9. The first kappa shape index (κ1) is 13.6. The Morgan fingerprint density at radius 2 is 2.18 bits per heavy atom. The average molecular weight is 239 g/mol. The predicted molar refractivity (Wildman–Crippen MR) is 64.4 cm³/mol. The summed E-state index contributed by atoms with van der Waals surface area (Å²) in [6.07, 6.45) is 0.555. The number of aliphatic hydroxyl groups excluding tert-OH is 1. The molecule has 0 aromatic heterocycles. The monoisotopic (exact) mass is 239 g/mol. The van der Waals surface area contributed by atoms with Gasteiger partial charge in [0, 0.05) is 25.3 Å². The Hall–Kier alpha value is -1.42. The molecule has 0 radical (unpaired) electrons. The summed E-state index contributed by atoms with van der Waals surface area (Å²) in [4.78, 5) is 13.8. The van der Waals surface area contributed by atoms with E-state index in [1.54, 1.807) is 11.8 Å². The number of halogens is 1. The Morgan fingerprint density at radius 1 is 1.47 bits per heavy atom. The number of carbonyl (C=O) groups is 1. The number of rotatable bonds is 5. The molecule has 0 unspecified atom stereocenters. The van der Waals surface area contributed by atoms with Crippen molar-refractivity contribution >= 4 is 5.91 Å². The summed E-state index contributed by atoms with van der Waals surface area (Å²) in [6, 6.07) is 4.15. The Balaban J connectivity index is 2.86. The highest BCUT2D eigenvalue weighted by molar-refractivity contribution is 5.95. The molecule has 0 bridgehead atoms. The molecule has 0 atom stereocenters. The molecule has 4 heteroatoms. The summed E-state index contributed by atoms with van der Waals surface area (Å²) < 4.78 is 12.9. The van der Waals surface area contributed by atoms with Gasteiger partial charge in [-0.2, -0.15) is 0 Å². The number of carbonyl (C=O) groups excluding carboxylic acids is 1. The molecule has 1 amide bonds. The van der Waals surface area contributed by atoms with Crippen molar-refractivity contribution in [2.45, 2.75) is 20.3 Å². The molecule has 0 saturated carbocycles. The lowest BCUT2D eigenvalue weighted by atomic mass is 10.1. The molecule has 3 nitrogen and oxygen atoms in total. The first-order chi connectivity index (χ1) is 8.10. The fraction of sp³-hybridized carbons (Fsp3) is 0.462. The summed E-state index contributed by atoms with van der Waals surface area (Å²) in [7, 11) is 0. The third-order valence-electron chi connectivity index (χ3n) is 2.67. The molecule has 0 heterocycles. The molecule has 1 rings (SSSR count). The molecule has 17 heavy (non-hydrogen) atoms. The van der Waals surface area contributed by atoms with E-state index >= 15 is 0 Å². The van der Waals surface area contributed by atoms with Crippen LogP contribution in [0.4, 0.5) is 4.39 Å². The summed E-state index contributed by atoms with van der Waals surface area (Å²) in [6.45, 7) is 4.76. The predicted octanol–water partition coefficient (Wildman–Crippen LogP) is 1.98. The smallest absolute Gasteiger partial charge is 0.254 e. The number of aliphatic hydroxyl groups is 1. The lowest BCUT2D eigenvalue weighted by Crippen LogP contribution is -2.32. The van der Waals surface area contributed by atoms with Crippen LogP contribution in [0.5, 0.6) is 0 Å². The number of nitrogens with zero attached hydrogens (tertiary/aromatic N) is 1. The first-order valence-electron chi connectivity index (χ1n) is 5.76. The van der Waals surface area contributed by atoms with Gasteiger partial charge in [-0.3, -0.25) is 4.79 Å². The zero-order valence-corrected chi connectivity index (χ0v) is 10.2. The topological polar surface area (TPSA) is 40.5 Å². The number of amides is 1. The second-order valence-corrected chi connectivity index (χ2v) is 3.92. The largest absolute Gasteiger partial charge is 0.396 e. The fourth-order valence-corrected chi connectivity index (χ4v) is 1.70. The normalized spacial score (nSPS) is 10.4. The second kappa shape index (κ2) is 6.35. The zero-order chi connectivity index (χ0) is 12.8. The summed E-state index contributed by atoms with van der Waals surface area (Å²) in [5.41, 5.74) is 1.16. The fourth-order valence-electron chi connectivity index (χ4n) is 1.70. The molecule has 0 aliphatic rings. The van der Waals surface area contributed by atoms with Gasteiger partial charge in [0.25, 0.3) is 5.91 Å². The van der Waals surface area contributed by atoms with Crippen molar-refractivity contribution < 1.29 is 14.3 Å². The van der Waals surface area contributed by atoms with Gasteiger partial charge >= 0.3 is 0 Å². The van der Waals surface area contributed by atoms with Crippen LogP contribution in [0, 0.1) is 12.7 Å². The van der Waals surface area contributed by atoms with Gasteiger partial charge in [-0.05, 0) is 44.0 Å². The van der Waals surface area contributed by atoms with Crippen LogP contribution >= 0.6 is 0 Å². The van der Waals surface area contributed by atoms with Crippen LogP contribution in [0.15, 0.2) is 18.2 Å². The van der Waals surface area contributed by atoms with E-state index in [-0.39, 0.29) is 18.3 Å². The zero-order valence-electron chi connectivity index (χ0n) is 10.2. The highest BCUT2D eigenvalue weighted by atomic mass is 19.1. The van der Waals surface area contributed by atoms with Crippen molar-refractivity contribution in [2.75, 3.05) is 19.7 Å². The van der Waals surface area contributed by atoms with Gasteiger partial charge in [0.05, 0.1) is 0 Å². The van der Waals surface area contributed by atoms with E-state index in [0.717, 1.165) is 0 Å². The SMILES string of the molecule is CCN(CCCO)C(=O)c1ccc(F)cc1C. The van der Waals surface area contributed by atoms with Crippen LogP contribution in [-0.4, -0.2) is 35.6 Å². The van der Waals surface area contributed by atoms with Gasteiger partial charge in [-0.25, -0.2) is 4.39 Å². The average Bonchev–Trinajstić information content (AvgIpc) is 2.29. The Kier molecular flexibility index (Phi) is 5.10. The molecule has 0 aliphatic carbocycles. The van der Waals surface area contributed by atoms with Crippen LogP contribution < -0.4 is 0 Å². The van der Waals surface area contributed by atoms with E-state index < -0.39 is 0 Å². The van der Waals surface area contributed by atoms with Crippen LogP contribution in [0.3, 0.4) is 0 Å². The number of hydrogen-bond donors (Lipinski definition) is 1. The lowest BCUT2D eigenvalue weighted by Gasteiger charge is -2.21. The molecule has 0 saturated heterocycles. The molecular formula is C13H18FNO2. The van der Waals surface area contributed by atoms with Crippen molar-refractivity contribution in [3.05, 3.63) is 35.1 Å². The minimum atomic E-state index is -0.336. The van der Waals surface area contributed by atoms with Crippen molar-refractivity contribution in [3.63, 3.8) is 0 Å². The van der Waals surface area contributed by atoms with E-state index in [4.69, 9.17) is 5.11 Å².